The first kappa shape index (κ1) is 14.2. The van der Waals surface area contributed by atoms with Crippen LogP contribution in [0.3, 0.4) is 0 Å². The van der Waals surface area contributed by atoms with Crippen molar-refractivity contribution >= 4 is 10.9 Å². The van der Waals surface area contributed by atoms with Crippen LogP contribution in [0, 0.1) is 0 Å². The van der Waals surface area contributed by atoms with E-state index in [0.717, 1.165) is 24.4 Å². The van der Waals surface area contributed by atoms with Crippen LogP contribution in [0.1, 0.15) is 32.6 Å². The summed E-state index contributed by atoms with van der Waals surface area (Å²) in [5, 5.41) is 0.646. The van der Waals surface area contributed by atoms with Crippen molar-refractivity contribution in [3.05, 3.63) is 40.4 Å². The molecule has 2 aromatic rings. The second kappa shape index (κ2) is 5.58. The maximum Gasteiger partial charge on any atom is 0.258 e. The number of morpholine rings is 1. The number of nitrogens with zero attached hydrogens (tertiary/aromatic N) is 1. The van der Waals surface area contributed by atoms with Crippen LogP contribution in [0.4, 0.5) is 0 Å². The number of aromatic amines is 1. The Labute approximate surface area is 124 Å². The van der Waals surface area contributed by atoms with Gasteiger partial charge >= 0.3 is 0 Å². The Morgan fingerprint density at radius 2 is 1.95 bits per heavy atom. The minimum atomic E-state index is -0.0591. The molecule has 2 heterocycles. The molecule has 1 aliphatic heterocycles. The van der Waals surface area contributed by atoms with Crippen molar-refractivity contribution < 1.29 is 9.64 Å². The van der Waals surface area contributed by atoms with Crippen LogP contribution in [-0.4, -0.2) is 35.3 Å². The summed E-state index contributed by atoms with van der Waals surface area (Å²) >= 11 is 0. The second-order valence-electron chi connectivity index (χ2n) is 6.01. The number of quaternary nitrogens is 1. The summed E-state index contributed by atoms with van der Waals surface area (Å²) in [5.74, 6) is 0.759. The van der Waals surface area contributed by atoms with Gasteiger partial charge in [0.05, 0.1) is 10.9 Å². The molecule has 0 amide bonds. The lowest BCUT2D eigenvalue weighted by Crippen LogP contribution is -3.15. The molecule has 5 heteroatoms. The monoisotopic (exact) mass is 288 g/mol. The highest BCUT2D eigenvalue weighted by atomic mass is 16.5. The number of hydrogen-bond donors (Lipinski definition) is 2. The minimum Gasteiger partial charge on any atom is -0.364 e. The number of para-hydroxylation sites is 1. The molecule has 1 aromatic carbocycles. The molecule has 2 N–H and O–H groups in total. The van der Waals surface area contributed by atoms with E-state index in [0.29, 0.717) is 5.39 Å². The minimum absolute atomic E-state index is 0.0591. The van der Waals surface area contributed by atoms with Gasteiger partial charge in [-0.3, -0.25) is 4.79 Å². The Hall–Kier alpha value is -1.72. The number of ether oxygens (including phenoxy) is 1. The SMILES string of the molecule is C[C@@H]1C[NH+]([C@@H](C)c2nc3ccccc3c(=O)[nH]2)C[C@H](C)O1. The normalized spacial score (nSPS) is 27.7. The maximum absolute atomic E-state index is 12.2. The molecule has 1 aliphatic rings. The molecule has 3 rings (SSSR count). The van der Waals surface area contributed by atoms with Gasteiger partial charge in [0.1, 0.15) is 31.3 Å². The molecule has 0 saturated carbocycles. The van der Waals surface area contributed by atoms with Crippen molar-refractivity contribution in [3.8, 4) is 0 Å². The van der Waals surface area contributed by atoms with Crippen molar-refractivity contribution in [1.82, 2.24) is 9.97 Å². The lowest BCUT2D eigenvalue weighted by Gasteiger charge is -2.35. The smallest absolute Gasteiger partial charge is 0.258 e. The summed E-state index contributed by atoms with van der Waals surface area (Å²) in [4.78, 5) is 21.2. The molecule has 1 saturated heterocycles. The third-order valence-electron chi connectivity index (χ3n) is 4.22. The van der Waals surface area contributed by atoms with Crippen molar-refractivity contribution in [2.45, 2.75) is 39.0 Å². The average molecular weight is 288 g/mol. The number of nitrogens with one attached hydrogen (secondary N) is 2. The van der Waals surface area contributed by atoms with Crippen molar-refractivity contribution in [2.75, 3.05) is 13.1 Å². The number of hydrogen-bond acceptors (Lipinski definition) is 3. The maximum atomic E-state index is 12.2. The van der Waals surface area contributed by atoms with E-state index in [4.69, 9.17) is 4.74 Å². The van der Waals surface area contributed by atoms with Crippen LogP contribution in [0.2, 0.25) is 0 Å². The first-order valence-corrected chi connectivity index (χ1v) is 7.53. The topological polar surface area (TPSA) is 59.4 Å². The fourth-order valence-electron chi connectivity index (χ4n) is 3.17. The third kappa shape index (κ3) is 2.84. The van der Waals surface area contributed by atoms with Gasteiger partial charge in [0.25, 0.3) is 5.56 Å². The first-order valence-electron chi connectivity index (χ1n) is 7.53. The summed E-state index contributed by atoms with van der Waals surface area (Å²) in [6.45, 7) is 8.18. The zero-order valence-electron chi connectivity index (χ0n) is 12.7. The zero-order valence-corrected chi connectivity index (χ0v) is 12.7. The second-order valence-corrected chi connectivity index (χ2v) is 6.01. The Morgan fingerprint density at radius 1 is 1.29 bits per heavy atom. The summed E-state index contributed by atoms with van der Waals surface area (Å²) in [5.41, 5.74) is 0.702. The summed E-state index contributed by atoms with van der Waals surface area (Å²) in [7, 11) is 0. The van der Waals surface area contributed by atoms with Gasteiger partial charge in [-0.1, -0.05) is 12.1 Å². The van der Waals surface area contributed by atoms with E-state index in [1.165, 1.54) is 4.90 Å². The molecule has 1 aromatic heterocycles. The number of H-pyrrole nitrogens is 1. The largest absolute Gasteiger partial charge is 0.364 e. The molecule has 0 spiro atoms. The highest BCUT2D eigenvalue weighted by Crippen LogP contribution is 2.10. The molecular formula is C16H22N3O2+. The summed E-state index contributed by atoms with van der Waals surface area (Å²) < 4.78 is 5.78. The van der Waals surface area contributed by atoms with Crippen LogP contribution in [-0.2, 0) is 4.74 Å². The molecular weight excluding hydrogens is 266 g/mol. The predicted molar refractivity (Wildman–Crippen MR) is 81.5 cm³/mol. The molecule has 4 atom stereocenters. The number of rotatable bonds is 2. The fourth-order valence-corrected chi connectivity index (χ4v) is 3.17. The van der Waals surface area contributed by atoms with E-state index in [-0.39, 0.29) is 23.8 Å². The Morgan fingerprint density at radius 3 is 2.67 bits per heavy atom. The van der Waals surface area contributed by atoms with E-state index in [1.54, 1.807) is 6.07 Å². The van der Waals surface area contributed by atoms with Gasteiger partial charge in [-0.2, -0.15) is 0 Å². The van der Waals surface area contributed by atoms with E-state index >= 15 is 0 Å². The van der Waals surface area contributed by atoms with Gasteiger partial charge in [0.15, 0.2) is 5.82 Å². The molecule has 5 nitrogen and oxygen atoms in total. The Bertz CT molecular complexity index is 687. The van der Waals surface area contributed by atoms with Crippen LogP contribution in [0.5, 0.6) is 0 Å². The molecule has 1 fully saturated rings. The molecule has 21 heavy (non-hydrogen) atoms. The van der Waals surface area contributed by atoms with Crippen LogP contribution < -0.4 is 10.5 Å². The average Bonchev–Trinajstić information content (AvgIpc) is 2.45. The quantitative estimate of drug-likeness (QED) is 0.854. The first-order chi connectivity index (χ1) is 10.0. The number of fused-ring (bicyclic) bond motifs is 1. The fraction of sp³-hybridized carbons (Fsp3) is 0.500. The molecule has 1 unspecified atom stereocenters. The number of benzene rings is 1. The standard InChI is InChI=1S/C16H21N3O2/c1-10-8-19(9-11(2)21-10)12(3)15-17-14-7-5-4-6-13(14)16(20)18-15/h4-7,10-12H,8-9H2,1-3H3,(H,17,18,20)/p+1/t10-,11+,12-/m0/s1. The van der Waals surface area contributed by atoms with Gasteiger partial charge in [-0.05, 0) is 32.9 Å². The van der Waals surface area contributed by atoms with Gasteiger partial charge in [-0.25, -0.2) is 4.98 Å². The van der Waals surface area contributed by atoms with Gasteiger partial charge < -0.3 is 14.6 Å². The van der Waals surface area contributed by atoms with Crippen LogP contribution in [0.15, 0.2) is 29.1 Å². The highest BCUT2D eigenvalue weighted by molar-refractivity contribution is 5.77. The van der Waals surface area contributed by atoms with Crippen molar-refractivity contribution in [2.24, 2.45) is 0 Å². The molecule has 0 aliphatic carbocycles. The lowest BCUT2D eigenvalue weighted by atomic mass is 10.1. The summed E-state index contributed by atoms with van der Waals surface area (Å²) in [6, 6.07) is 7.62. The molecule has 0 bridgehead atoms. The van der Waals surface area contributed by atoms with E-state index in [1.807, 2.05) is 18.2 Å². The van der Waals surface area contributed by atoms with Crippen molar-refractivity contribution in [3.63, 3.8) is 0 Å². The van der Waals surface area contributed by atoms with Gasteiger partial charge in [0.2, 0.25) is 0 Å². The van der Waals surface area contributed by atoms with E-state index in [9.17, 15) is 4.79 Å². The summed E-state index contributed by atoms with van der Waals surface area (Å²) in [6.07, 6.45) is 0.469. The molecule has 112 valence electrons. The van der Waals surface area contributed by atoms with Crippen LogP contribution in [0.25, 0.3) is 10.9 Å². The van der Waals surface area contributed by atoms with Crippen molar-refractivity contribution in [1.29, 1.82) is 0 Å². The Kier molecular flexibility index (Phi) is 3.78. The van der Waals surface area contributed by atoms with E-state index < -0.39 is 0 Å². The highest BCUT2D eigenvalue weighted by Gasteiger charge is 2.31. The Balaban J connectivity index is 1.94. The molecule has 0 radical (unpaired) electrons. The van der Waals surface area contributed by atoms with Crippen LogP contribution >= 0.6 is 0 Å². The third-order valence-corrected chi connectivity index (χ3v) is 4.22. The lowest BCUT2D eigenvalue weighted by molar-refractivity contribution is -0.944. The van der Waals surface area contributed by atoms with Gasteiger partial charge in [-0.15, -0.1) is 0 Å². The van der Waals surface area contributed by atoms with E-state index in [2.05, 4.69) is 30.7 Å². The zero-order chi connectivity index (χ0) is 15.0. The van der Waals surface area contributed by atoms with Gasteiger partial charge in [0, 0.05) is 0 Å². The predicted octanol–water partition coefficient (Wildman–Crippen LogP) is 0.676. The number of aromatic nitrogens is 2.